The molecule has 0 spiro atoms. The molecule has 0 amide bonds. The van der Waals surface area contributed by atoms with Crippen molar-refractivity contribution in [3.8, 4) is 5.75 Å². The van der Waals surface area contributed by atoms with Crippen molar-refractivity contribution in [2.45, 2.75) is 24.8 Å². The molecule has 0 atom stereocenters. The Labute approximate surface area is 154 Å². The van der Waals surface area contributed by atoms with Gasteiger partial charge in [-0.05, 0) is 53.9 Å². The van der Waals surface area contributed by atoms with Crippen LogP contribution < -0.4 is 9.46 Å². The Morgan fingerprint density at radius 3 is 2.08 bits per heavy atom. The monoisotopic (exact) mass is 367 g/mol. The summed E-state index contributed by atoms with van der Waals surface area (Å²) in [4.78, 5) is 0.249. The predicted octanol–water partition coefficient (Wildman–Crippen LogP) is 4.63. The maximum absolute atomic E-state index is 12.5. The SMILES string of the molecule is CCc1ccc(S(=O)(=O)Nc2ccc(OCc3ccccc3)cc2)cc1. The molecule has 3 aromatic rings. The van der Waals surface area contributed by atoms with Gasteiger partial charge in [0, 0.05) is 5.69 Å². The summed E-state index contributed by atoms with van der Waals surface area (Å²) in [6, 6.07) is 23.7. The predicted molar refractivity (Wildman–Crippen MR) is 104 cm³/mol. The van der Waals surface area contributed by atoms with Crippen LogP contribution in [0.2, 0.25) is 0 Å². The van der Waals surface area contributed by atoms with E-state index in [1.807, 2.05) is 49.4 Å². The van der Waals surface area contributed by atoms with Gasteiger partial charge < -0.3 is 4.74 Å². The number of hydrogen-bond acceptors (Lipinski definition) is 3. The van der Waals surface area contributed by atoms with E-state index in [9.17, 15) is 8.42 Å². The lowest BCUT2D eigenvalue weighted by Gasteiger charge is -2.10. The Bertz CT molecular complexity index is 935. The van der Waals surface area contributed by atoms with Gasteiger partial charge in [-0.3, -0.25) is 4.72 Å². The average Bonchev–Trinajstić information content (AvgIpc) is 2.68. The van der Waals surface area contributed by atoms with E-state index in [0.29, 0.717) is 18.0 Å². The van der Waals surface area contributed by atoms with Gasteiger partial charge in [0.1, 0.15) is 12.4 Å². The van der Waals surface area contributed by atoms with Gasteiger partial charge >= 0.3 is 0 Å². The lowest BCUT2D eigenvalue weighted by atomic mass is 10.2. The first-order chi connectivity index (χ1) is 12.6. The van der Waals surface area contributed by atoms with E-state index in [0.717, 1.165) is 17.5 Å². The number of rotatable bonds is 7. The Morgan fingerprint density at radius 2 is 1.46 bits per heavy atom. The van der Waals surface area contributed by atoms with Crippen LogP contribution in [0.5, 0.6) is 5.75 Å². The van der Waals surface area contributed by atoms with Crippen LogP contribution in [-0.4, -0.2) is 8.42 Å². The third kappa shape index (κ3) is 4.64. The molecule has 4 nitrogen and oxygen atoms in total. The van der Waals surface area contributed by atoms with Gasteiger partial charge in [-0.2, -0.15) is 0 Å². The van der Waals surface area contributed by atoms with Gasteiger partial charge in [0.05, 0.1) is 4.90 Å². The Kier molecular flexibility index (Phi) is 5.58. The van der Waals surface area contributed by atoms with Crippen molar-refractivity contribution in [1.82, 2.24) is 0 Å². The first kappa shape index (κ1) is 18.0. The van der Waals surface area contributed by atoms with Crippen LogP contribution >= 0.6 is 0 Å². The number of sulfonamides is 1. The van der Waals surface area contributed by atoms with Gasteiger partial charge in [-0.15, -0.1) is 0 Å². The zero-order valence-corrected chi connectivity index (χ0v) is 15.4. The second kappa shape index (κ2) is 8.06. The van der Waals surface area contributed by atoms with E-state index in [4.69, 9.17) is 4.74 Å². The summed E-state index contributed by atoms with van der Waals surface area (Å²) in [5.74, 6) is 0.684. The molecule has 0 fully saturated rings. The number of nitrogens with one attached hydrogen (secondary N) is 1. The standard InChI is InChI=1S/C21H21NO3S/c1-2-17-8-14-21(15-9-17)26(23,24)22-19-10-12-20(13-11-19)25-16-18-6-4-3-5-7-18/h3-15,22H,2,16H2,1H3. The van der Waals surface area contributed by atoms with Crippen LogP contribution in [0, 0.1) is 0 Å². The molecule has 0 aliphatic carbocycles. The maximum Gasteiger partial charge on any atom is 0.261 e. The average molecular weight is 367 g/mol. The first-order valence-corrected chi connectivity index (χ1v) is 9.94. The molecular formula is C21H21NO3S. The van der Waals surface area contributed by atoms with E-state index < -0.39 is 10.0 Å². The number of ether oxygens (including phenoxy) is 1. The number of anilines is 1. The van der Waals surface area contributed by atoms with Gasteiger partial charge in [0.15, 0.2) is 0 Å². The molecule has 3 rings (SSSR count). The summed E-state index contributed by atoms with van der Waals surface area (Å²) in [6.45, 7) is 2.50. The van der Waals surface area contributed by atoms with Crippen molar-refractivity contribution in [1.29, 1.82) is 0 Å². The molecule has 0 aromatic heterocycles. The van der Waals surface area contributed by atoms with Gasteiger partial charge in [-0.1, -0.05) is 49.4 Å². The second-order valence-corrected chi connectivity index (χ2v) is 7.58. The fourth-order valence-electron chi connectivity index (χ4n) is 2.48. The van der Waals surface area contributed by atoms with Gasteiger partial charge in [-0.25, -0.2) is 8.42 Å². The van der Waals surface area contributed by atoms with E-state index >= 15 is 0 Å². The summed E-state index contributed by atoms with van der Waals surface area (Å²) in [5, 5.41) is 0. The molecule has 134 valence electrons. The van der Waals surface area contributed by atoms with Crippen molar-refractivity contribution in [2.24, 2.45) is 0 Å². The zero-order valence-electron chi connectivity index (χ0n) is 14.6. The third-order valence-corrected chi connectivity index (χ3v) is 5.39. The minimum atomic E-state index is -3.60. The fourth-order valence-corrected chi connectivity index (χ4v) is 3.54. The van der Waals surface area contributed by atoms with Crippen LogP contribution in [0.4, 0.5) is 5.69 Å². The number of aryl methyl sites for hydroxylation is 1. The molecule has 0 heterocycles. The van der Waals surface area contributed by atoms with Gasteiger partial charge in [0.2, 0.25) is 0 Å². The quantitative estimate of drug-likeness (QED) is 0.662. The van der Waals surface area contributed by atoms with Crippen LogP contribution in [0.15, 0.2) is 83.8 Å². The molecule has 0 aliphatic heterocycles. The van der Waals surface area contributed by atoms with Crippen molar-refractivity contribution < 1.29 is 13.2 Å². The summed E-state index contributed by atoms with van der Waals surface area (Å²) >= 11 is 0. The molecular weight excluding hydrogens is 346 g/mol. The summed E-state index contributed by atoms with van der Waals surface area (Å²) < 4.78 is 33.2. The molecule has 0 aliphatic rings. The Morgan fingerprint density at radius 1 is 0.808 bits per heavy atom. The molecule has 26 heavy (non-hydrogen) atoms. The molecule has 5 heteroatoms. The Balaban J connectivity index is 1.64. The molecule has 0 bridgehead atoms. The largest absolute Gasteiger partial charge is 0.489 e. The van der Waals surface area contributed by atoms with Crippen molar-refractivity contribution in [3.63, 3.8) is 0 Å². The fraction of sp³-hybridized carbons (Fsp3) is 0.143. The molecule has 1 N–H and O–H groups in total. The van der Waals surface area contributed by atoms with Crippen LogP contribution in [0.25, 0.3) is 0 Å². The van der Waals surface area contributed by atoms with E-state index in [-0.39, 0.29) is 4.90 Å². The highest BCUT2D eigenvalue weighted by molar-refractivity contribution is 7.92. The minimum Gasteiger partial charge on any atom is -0.489 e. The van der Waals surface area contributed by atoms with E-state index in [1.54, 1.807) is 36.4 Å². The van der Waals surface area contributed by atoms with Gasteiger partial charge in [0.25, 0.3) is 10.0 Å². The van der Waals surface area contributed by atoms with Crippen LogP contribution in [0.1, 0.15) is 18.1 Å². The van der Waals surface area contributed by atoms with Crippen molar-refractivity contribution in [3.05, 3.63) is 90.0 Å². The Hall–Kier alpha value is -2.79. The maximum atomic E-state index is 12.5. The molecule has 3 aromatic carbocycles. The zero-order chi connectivity index (χ0) is 18.4. The number of hydrogen-bond donors (Lipinski definition) is 1. The summed E-state index contributed by atoms with van der Waals surface area (Å²) in [6.07, 6.45) is 0.873. The topological polar surface area (TPSA) is 55.4 Å². The normalized spacial score (nSPS) is 11.1. The smallest absolute Gasteiger partial charge is 0.261 e. The van der Waals surface area contributed by atoms with Crippen molar-refractivity contribution in [2.75, 3.05) is 4.72 Å². The lowest BCUT2D eigenvalue weighted by Crippen LogP contribution is -2.12. The summed E-state index contributed by atoms with van der Waals surface area (Å²) in [5.41, 5.74) is 2.67. The molecule has 0 saturated carbocycles. The highest BCUT2D eigenvalue weighted by Gasteiger charge is 2.13. The van der Waals surface area contributed by atoms with E-state index in [2.05, 4.69) is 4.72 Å². The van der Waals surface area contributed by atoms with Crippen LogP contribution in [0.3, 0.4) is 0 Å². The number of benzene rings is 3. The summed E-state index contributed by atoms with van der Waals surface area (Å²) in [7, 11) is -3.60. The lowest BCUT2D eigenvalue weighted by molar-refractivity contribution is 0.306. The van der Waals surface area contributed by atoms with Crippen molar-refractivity contribution >= 4 is 15.7 Å². The molecule has 0 unspecified atom stereocenters. The highest BCUT2D eigenvalue weighted by Crippen LogP contribution is 2.20. The third-order valence-electron chi connectivity index (χ3n) is 4.00. The van der Waals surface area contributed by atoms with Crippen LogP contribution in [-0.2, 0) is 23.1 Å². The van der Waals surface area contributed by atoms with E-state index in [1.165, 1.54) is 0 Å². The first-order valence-electron chi connectivity index (χ1n) is 8.45. The molecule has 0 radical (unpaired) electrons. The molecule has 0 saturated heterocycles. The second-order valence-electron chi connectivity index (χ2n) is 5.90. The highest BCUT2D eigenvalue weighted by atomic mass is 32.2. The minimum absolute atomic E-state index is 0.249.